The molecule has 0 aliphatic heterocycles. The number of amides is 1. The van der Waals surface area contributed by atoms with Crippen LogP contribution in [0.1, 0.15) is 25.8 Å². The fourth-order valence-electron chi connectivity index (χ4n) is 2.64. The summed E-state index contributed by atoms with van der Waals surface area (Å²) >= 11 is 0. The van der Waals surface area contributed by atoms with Crippen LogP contribution in [0, 0.1) is 5.92 Å². The number of nitrogens with one attached hydrogen (secondary N) is 1. The molecule has 2 N–H and O–H groups in total. The lowest BCUT2D eigenvalue weighted by atomic mass is 10.0. The molecule has 0 bridgehead atoms. The molecule has 2 aromatic rings. The molecule has 1 amide bonds. The number of aliphatic hydroxyl groups is 1. The summed E-state index contributed by atoms with van der Waals surface area (Å²) in [6, 6.07) is 14.2. The quantitative estimate of drug-likeness (QED) is 0.857. The van der Waals surface area contributed by atoms with Gasteiger partial charge in [-0.3, -0.25) is 4.79 Å². The summed E-state index contributed by atoms with van der Waals surface area (Å²) in [5.41, 5.74) is 1.05. The van der Waals surface area contributed by atoms with E-state index < -0.39 is 0 Å². The van der Waals surface area contributed by atoms with Crippen molar-refractivity contribution in [1.29, 1.82) is 0 Å². The van der Waals surface area contributed by atoms with E-state index >= 15 is 0 Å². The maximum atomic E-state index is 12.1. The Hall–Kier alpha value is -1.87. The fraction of sp³-hybridized carbons (Fsp3) is 0.389. The van der Waals surface area contributed by atoms with Gasteiger partial charge in [0.25, 0.3) is 0 Å². The molecule has 112 valence electrons. The highest BCUT2D eigenvalue weighted by molar-refractivity contribution is 5.90. The van der Waals surface area contributed by atoms with Crippen molar-refractivity contribution in [3.63, 3.8) is 0 Å². The Labute approximate surface area is 126 Å². The third-order valence-corrected chi connectivity index (χ3v) is 3.62. The Morgan fingerprint density at radius 3 is 2.62 bits per heavy atom. The predicted octanol–water partition coefficient (Wildman–Crippen LogP) is 2.91. The Bertz CT molecular complexity index is 602. The summed E-state index contributed by atoms with van der Waals surface area (Å²) in [4.78, 5) is 12.1. The van der Waals surface area contributed by atoms with E-state index in [2.05, 4.69) is 17.4 Å². The summed E-state index contributed by atoms with van der Waals surface area (Å²) < 4.78 is 0. The zero-order valence-corrected chi connectivity index (χ0v) is 12.7. The average molecular weight is 285 g/mol. The van der Waals surface area contributed by atoms with Crippen molar-refractivity contribution in [3.8, 4) is 0 Å². The van der Waals surface area contributed by atoms with Gasteiger partial charge in [0.2, 0.25) is 5.91 Å². The van der Waals surface area contributed by atoms with Crippen molar-refractivity contribution in [2.75, 3.05) is 6.54 Å². The van der Waals surface area contributed by atoms with Gasteiger partial charge in [-0.05, 0) is 35.6 Å². The Kier molecular flexibility index (Phi) is 5.34. The molecule has 0 fully saturated rings. The summed E-state index contributed by atoms with van der Waals surface area (Å²) in [7, 11) is 0. The number of hydrogen-bond donors (Lipinski definition) is 2. The van der Waals surface area contributed by atoms with Crippen molar-refractivity contribution in [2.45, 2.75) is 32.8 Å². The van der Waals surface area contributed by atoms with Gasteiger partial charge >= 0.3 is 0 Å². The van der Waals surface area contributed by atoms with E-state index in [4.69, 9.17) is 0 Å². The van der Waals surface area contributed by atoms with E-state index in [9.17, 15) is 9.90 Å². The van der Waals surface area contributed by atoms with E-state index in [-0.39, 0.29) is 17.9 Å². The van der Waals surface area contributed by atoms with E-state index in [1.54, 1.807) is 6.92 Å². The molecule has 2 atom stereocenters. The molecule has 0 saturated carbocycles. The van der Waals surface area contributed by atoms with E-state index in [1.165, 1.54) is 0 Å². The second kappa shape index (κ2) is 7.23. The number of aliphatic hydroxyl groups excluding tert-OH is 1. The van der Waals surface area contributed by atoms with Crippen LogP contribution in [0.5, 0.6) is 0 Å². The molecule has 0 aliphatic rings. The van der Waals surface area contributed by atoms with Gasteiger partial charge in [0.05, 0.1) is 12.5 Å². The number of fused-ring (bicyclic) bond motifs is 1. The van der Waals surface area contributed by atoms with E-state index in [1.807, 2.05) is 37.3 Å². The van der Waals surface area contributed by atoms with Crippen LogP contribution in [0.25, 0.3) is 10.8 Å². The topological polar surface area (TPSA) is 49.3 Å². The van der Waals surface area contributed by atoms with Crippen LogP contribution in [0.2, 0.25) is 0 Å². The standard InChI is InChI=1S/C18H23NO2/c1-13(10-14(2)20)12-19-18(21)11-16-8-5-7-15-6-3-4-9-17(15)16/h3-9,13-14,20H,10-12H2,1-2H3,(H,19,21). The molecular formula is C18H23NO2. The van der Waals surface area contributed by atoms with Crippen LogP contribution in [-0.4, -0.2) is 23.7 Å². The van der Waals surface area contributed by atoms with Gasteiger partial charge in [0.1, 0.15) is 0 Å². The van der Waals surface area contributed by atoms with Crippen molar-refractivity contribution < 1.29 is 9.90 Å². The number of rotatable bonds is 6. The SMILES string of the molecule is CC(O)CC(C)CNC(=O)Cc1cccc2ccccc12. The molecular weight excluding hydrogens is 262 g/mol. The van der Waals surface area contributed by atoms with Gasteiger partial charge in [-0.25, -0.2) is 0 Å². The third-order valence-electron chi connectivity index (χ3n) is 3.62. The molecule has 0 heterocycles. The van der Waals surface area contributed by atoms with Crippen molar-refractivity contribution in [3.05, 3.63) is 48.0 Å². The summed E-state index contributed by atoms with van der Waals surface area (Å²) in [5.74, 6) is 0.310. The van der Waals surface area contributed by atoms with Crippen LogP contribution in [-0.2, 0) is 11.2 Å². The summed E-state index contributed by atoms with van der Waals surface area (Å²) in [6.07, 6.45) is 0.770. The van der Waals surface area contributed by atoms with Gasteiger partial charge in [0.15, 0.2) is 0 Å². The lowest BCUT2D eigenvalue weighted by Gasteiger charge is -2.14. The van der Waals surface area contributed by atoms with E-state index in [0.29, 0.717) is 19.4 Å². The van der Waals surface area contributed by atoms with Crippen LogP contribution in [0.15, 0.2) is 42.5 Å². The Morgan fingerprint density at radius 1 is 1.14 bits per heavy atom. The van der Waals surface area contributed by atoms with Crippen molar-refractivity contribution >= 4 is 16.7 Å². The first-order valence-electron chi connectivity index (χ1n) is 7.47. The first-order valence-corrected chi connectivity index (χ1v) is 7.47. The fourth-order valence-corrected chi connectivity index (χ4v) is 2.64. The summed E-state index contributed by atoms with van der Waals surface area (Å²) in [5, 5.41) is 14.6. The number of hydrogen-bond acceptors (Lipinski definition) is 2. The highest BCUT2D eigenvalue weighted by Crippen LogP contribution is 2.18. The monoisotopic (exact) mass is 285 g/mol. The molecule has 2 rings (SSSR count). The van der Waals surface area contributed by atoms with Gasteiger partial charge in [0, 0.05) is 6.54 Å². The predicted molar refractivity (Wildman–Crippen MR) is 86.1 cm³/mol. The highest BCUT2D eigenvalue weighted by atomic mass is 16.3. The van der Waals surface area contributed by atoms with Crippen molar-refractivity contribution in [1.82, 2.24) is 5.32 Å². The lowest BCUT2D eigenvalue weighted by molar-refractivity contribution is -0.120. The molecule has 0 aromatic heterocycles. The normalized spacial score (nSPS) is 13.9. The van der Waals surface area contributed by atoms with Gasteiger partial charge < -0.3 is 10.4 Å². The summed E-state index contributed by atoms with van der Waals surface area (Å²) in [6.45, 7) is 4.41. The minimum Gasteiger partial charge on any atom is -0.393 e. The molecule has 0 spiro atoms. The van der Waals surface area contributed by atoms with Gasteiger partial charge in [-0.2, -0.15) is 0 Å². The minimum absolute atomic E-state index is 0.0313. The molecule has 21 heavy (non-hydrogen) atoms. The zero-order valence-electron chi connectivity index (χ0n) is 12.7. The third kappa shape index (κ3) is 4.57. The lowest BCUT2D eigenvalue weighted by Crippen LogP contribution is -2.30. The largest absolute Gasteiger partial charge is 0.393 e. The van der Waals surface area contributed by atoms with Gasteiger partial charge in [-0.1, -0.05) is 49.4 Å². The molecule has 0 saturated heterocycles. The second-order valence-corrected chi connectivity index (χ2v) is 5.81. The number of carbonyl (C=O) groups is 1. The Balaban J connectivity index is 1.96. The average Bonchev–Trinajstić information content (AvgIpc) is 2.45. The molecule has 3 heteroatoms. The molecule has 0 aliphatic carbocycles. The van der Waals surface area contributed by atoms with Crippen LogP contribution >= 0.6 is 0 Å². The number of benzene rings is 2. The second-order valence-electron chi connectivity index (χ2n) is 5.81. The minimum atomic E-state index is -0.324. The van der Waals surface area contributed by atoms with E-state index in [0.717, 1.165) is 16.3 Å². The Morgan fingerprint density at radius 2 is 1.86 bits per heavy atom. The molecule has 0 radical (unpaired) electrons. The zero-order chi connectivity index (χ0) is 15.2. The maximum absolute atomic E-state index is 12.1. The van der Waals surface area contributed by atoms with Crippen LogP contribution in [0.3, 0.4) is 0 Å². The van der Waals surface area contributed by atoms with Crippen LogP contribution < -0.4 is 5.32 Å². The number of carbonyl (C=O) groups excluding carboxylic acids is 1. The maximum Gasteiger partial charge on any atom is 0.224 e. The smallest absolute Gasteiger partial charge is 0.224 e. The first-order chi connectivity index (χ1) is 10.1. The molecule has 2 aromatic carbocycles. The first kappa shape index (κ1) is 15.5. The van der Waals surface area contributed by atoms with Gasteiger partial charge in [-0.15, -0.1) is 0 Å². The highest BCUT2D eigenvalue weighted by Gasteiger charge is 2.10. The molecule has 2 unspecified atom stereocenters. The van der Waals surface area contributed by atoms with Crippen molar-refractivity contribution in [2.24, 2.45) is 5.92 Å². The van der Waals surface area contributed by atoms with Crippen LogP contribution in [0.4, 0.5) is 0 Å². The molecule has 3 nitrogen and oxygen atoms in total.